The predicted octanol–water partition coefficient (Wildman–Crippen LogP) is 1.91. The van der Waals surface area contributed by atoms with Crippen LogP contribution in [-0.2, 0) is 4.79 Å². The normalized spacial score (nSPS) is 15.6. The number of carboxylic acids is 1. The number of nitrogens with one attached hydrogen (secondary N) is 1. The van der Waals surface area contributed by atoms with Crippen LogP contribution in [0.15, 0.2) is 18.2 Å². The third-order valence-corrected chi connectivity index (χ3v) is 3.97. The summed E-state index contributed by atoms with van der Waals surface area (Å²) in [6, 6.07) is 5.00. The van der Waals surface area contributed by atoms with E-state index in [-0.39, 0.29) is 17.5 Å². The Labute approximate surface area is 130 Å². The van der Waals surface area contributed by atoms with Crippen LogP contribution in [0.3, 0.4) is 0 Å². The summed E-state index contributed by atoms with van der Waals surface area (Å²) in [4.78, 5) is 29.2. The molecular formula is C16H23N3O3. The summed E-state index contributed by atoms with van der Waals surface area (Å²) in [6.45, 7) is 4.30. The molecular weight excluding hydrogens is 282 g/mol. The van der Waals surface area contributed by atoms with Crippen LogP contribution >= 0.6 is 0 Å². The van der Waals surface area contributed by atoms with Crippen LogP contribution in [0.1, 0.15) is 43.1 Å². The zero-order valence-electron chi connectivity index (χ0n) is 12.9. The van der Waals surface area contributed by atoms with Crippen molar-refractivity contribution in [1.82, 2.24) is 10.3 Å². The van der Waals surface area contributed by atoms with Crippen molar-refractivity contribution in [2.75, 3.05) is 24.5 Å². The molecule has 0 spiro atoms. The smallest absolute Gasteiger partial charge is 0.354 e. The van der Waals surface area contributed by atoms with E-state index in [0.29, 0.717) is 5.82 Å². The number of aromatic carboxylic acids is 1. The lowest BCUT2D eigenvalue weighted by Crippen LogP contribution is -2.41. The summed E-state index contributed by atoms with van der Waals surface area (Å²) in [5.41, 5.74) is 0.0527. The number of piperidine rings is 1. The molecule has 0 unspecified atom stereocenters. The summed E-state index contributed by atoms with van der Waals surface area (Å²) < 4.78 is 0. The Morgan fingerprint density at radius 2 is 2.09 bits per heavy atom. The van der Waals surface area contributed by atoms with Crippen molar-refractivity contribution < 1.29 is 14.7 Å². The lowest BCUT2D eigenvalue weighted by Gasteiger charge is -2.32. The molecule has 1 aromatic rings. The lowest BCUT2D eigenvalue weighted by atomic mass is 9.96. The number of amides is 1. The summed E-state index contributed by atoms with van der Waals surface area (Å²) in [5, 5.41) is 12.0. The van der Waals surface area contributed by atoms with Gasteiger partial charge in [-0.2, -0.15) is 0 Å². The number of carbonyl (C=O) groups excluding carboxylic acids is 1. The Kier molecular flexibility index (Phi) is 5.75. The molecule has 2 rings (SSSR count). The number of rotatable bonds is 6. The molecule has 1 aliphatic rings. The van der Waals surface area contributed by atoms with E-state index in [9.17, 15) is 9.59 Å². The van der Waals surface area contributed by atoms with Gasteiger partial charge in [0, 0.05) is 25.6 Å². The van der Waals surface area contributed by atoms with Crippen molar-refractivity contribution in [3.8, 4) is 0 Å². The van der Waals surface area contributed by atoms with Gasteiger partial charge in [-0.1, -0.05) is 19.4 Å². The monoisotopic (exact) mass is 305 g/mol. The van der Waals surface area contributed by atoms with Gasteiger partial charge in [0.05, 0.1) is 0 Å². The highest BCUT2D eigenvalue weighted by atomic mass is 16.4. The number of unbranched alkanes of at least 4 members (excludes halogenated alkanes) is 1. The molecule has 1 fully saturated rings. The molecule has 1 amide bonds. The molecule has 1 saturated heterocycles. The summed E-state index contributed by atoms with van der Waals surface area (Å²) in [6.07, 6.45) is 3.63. The molecule has 0 saturated carbocycles. The molecule has 0 atom stereocenters. The molecule has 1 aliphatic heterocycles. The lowest BCUT2D eigenvalue weighted by molar-refractivity contribution is -0.125. The molecule has 6 heteroatoms. The van der Waals surface area contributed by atoms with Crippen LogP contribution in [0.25, 0.3) is 0 Å². The molecule has 120 valence electrons. The zero-order chi connectivity index (χ0) is 15.9. The van der Waals surface area contributed by atoms with Crippen molar-refractivity contribution >= 4 is 17.7 Å². The standard InChI is InChI=1S/C16H23N3O3/c1-2-3-9-17-15(20)12-7-10-19(11-8-12)14-6-4-5-13(18-14)16(21)22/h4-6,12H,2-3,7-11H2,1H3,(H,17,20)(H,21,22). The first-order valence-corrected chi connectivity index (χ1v) is 7.84. The van der Waals surface area contributed by atoms with Crippen molar-refractivity contribution in [2.45, 2.75) is 32.6 Å². The Morgan fingerprint density at radius 3 is 2.73 bits per heavy atom. The largest absolute Gasteiger partial charge is 0.477 e. The Hall–Kier alpha value is -2.11. The second-order valence-corrected chi connectivity index (χ2v) is 5.59. The second-order valence-electron chi connectivity index (χ2n) is 5.59. The highest BCUT2D eigenvalue weighted by Gasteiger charge is 2.25. The van der Waals surface area contributed by atoms with Crippen molar-refractivity contribution in [2.24, 2.45) is 5.92 Å². The van der Waals surface area contributed by atoms with Crippen LogP contribution in [0.5, 0.6) is 0 Å². The topological polar surface area (TPSA) is 82.5 Å². The first-order valence-electron chi connectivity index (χ1n) is 7.84. The van der Waals surface area contributed by atoms with Crippen LogP contribution in [0, 0.1) is 5.92 Å². The average Bonchev–Trinajstić information content (AvgIpc) is 2.55. The third-order valence-electron chi connectivity index (χ3n) is 3.97. The van der Waals surface area contributed by atoms with Gasteiger partial charge in [-0.05, 0) is 31.4 Å². The number of pyridine rings is 1. The molecule has 6 nitrogen and oxygen atoms in total. The third kappa shape index (κ3) is 4.19. The SMILES string of the molecule is CCCCNC(=O)C1CCN(c2cccc(C(=O)O)n2)CC1. The Morgan fingerprint density at radius 1 is 1.36 bits per heavy atom. The summed E-state index contributed by atoms with van der Waals surface area (Å²) in [5.74, 6) is -0.159. The number of aromatic nitrogens is 1. The van der Waals surface area contributed by atoms with E-state index in [2.05, 4.69) is 17.2 Å². The fourth-order valence-corrected chi connectivity index (χ4v) is 2.62. The predicted molar refractivity (Wildman–Crippen MR) is 84.1 cm³/mol. The molecule has 0 bridgehead atoms. The van der Waals surface area contributed by atoms with Crippen molar-refractivity contribution in [3.63, 3.8) is 0 Å². The van der Waals surface area contributed by atoms with Gasteiger partial charge in [-0.3, -0.25) is 4.79 Å². The minimum atomic E-state index is -1.02. The quantitative estimate of drug-likeness (QED) is 0.785. The number of nitrogens with zero attached hydrogens (tertiary/aromatic N) is 2. The van der Waals surface area contributed by atoms with E-state index in [1.807, 2.05) is 11.0 Å². The molecule has 0 aromatic carbocycles. The number of anilines is 1. The van der Waals surface area contributed by atoms with Gasteiger partial charge in [0.15, 0.2) is 5.69 Å². The minimum absolute atomic E-state index is 0.0516. The van der Waals surface area contributed by atoms with E-state index < -0.39 is 5.97 Å². The Balaban J connectivity index is 1.88. The van der Waals surface area contributed by atoms with Gasteiger partial charge in [0.1, 0.15) is 5.82 Å². The molecule has 2 N–H and O–H groups in total. The van der Waals surface area contributed by atoms with E-state index >= 15 is 0 Å². The van der Waals surface area contributed by atoms with Crippen LogP contribution in [0.2, 0.25) is 0 Å². The minimum Gasteiger partial charge on any atom is -0.477 e. The van der Waals surface area contributed by atoms with Crippen molar-refractivity contribution in [3.05, 3.63) is 23.9 Å². The number of hydrogen-bond acceptors (Lipinski definition) is 4. The first kappa shape index (κ1) is 16.3. The molecule has 22 heavy (non-hydrogen) atoms. The van der Waals surface area contributed by atoms with E-state index in [4.69, 9.17) is 5.11 Å². The van der Waals surface area contributed by atoms with E-state index in [1.165, 1.54) is 6.07 Å². The number of carbonyl (C=O) groups is 2. The van der Waals surface area contributed by atoms with E-state index in [0.717, 1.165) is 45.3 Å². The molecule has 0 radical (unpaired) electrons. The van der Waals surface area contributed by atoms with Crippen LogP contribution < -0.4 is 10.2 Å². The number of carboxylic acid groups (broad SMARTS) is 1. The van der Waals surface area contributed by atoms with Gasteiger partial charge in [-0.25, -0.2) is 9.78 Å². The van der Waals surface area contributed by atoms with Gasteiger partial charge in [0.25, 0.3) is 0 Å². The fourth-order valence-electron chi connectivity index (χ4n) is 2.62. The first-order chi connectivity index (χ1) is 10.6. The maximum Gasteiger partial charge on any atom is 0.354 e. The highest BCUT2D eigenvalue weighted by Crippen LogP contribution is 2.22. The molecule has 2 heterocycles. The van der Waals surface area contributed by atoms with Gasteiger partial charge < -0.3 is 15.3 Å². The average molecular weight is 305 g/mol. The van der Waals surface area contributed by atoms with Crippen LogP contribution in [0.4, 0.5) is 5.82 Å². The van der Waals surface area contributed by atoms with Crippen LogP contribution in [-0.4, -0.2) is 41.6 Å². The highest BCUT2D eigenvalue weighted by molar-refractivity contribution is 5.85. The van der Waals surface area contributed by atoms with Crippen molar-refractivity contribution in [1.29, 1.82) is 0 Å². The summed E-state index contributed by atoms with van der Waals surface area (Å²) in [7, 11) is 0. The molecule has 0 aliphatic carbocycles. The maximum atomic E-state index is 12.0. The van der Waals surface area contributed by atoms with Gasteiger partial charge in [0.2, 0.25) is 5.91 Å². The number of hydrogen-bond donors (Lipinski definition) is 2. The Bertz CT molecular complexity index is 525. The second kappa shape index (κ2) is 7.77. The zero-order valence-corrected chi connectivity index (χ0v) is 12.9. The fraction of sp³-hybridized carbons (Fsp3) is 0.562. The molecule has 1 aromatic heterocycles. The maximum absolute atomic E-state index is 12.0. The van der Waals surface area contributed by atoms with E-state index in [1.54, 1.807) is 6.07 Å². The van der Waals surface area contributed by atoms with Gasteiger partial charge in [-0.15, -0.1) is 0 Å². The summed E-state index contributed by atoms with van der Waals surface area (Å²) >= 11 is 0. The van der Waals surface area contributed by atoms with Gasteiger partial charge >= 0.3 is 5.97 Å².